The van der Waals surface area contributed by atoms with Crippen LogP contribution in [0.4, 0.5) is 0 Å². The molecule has 0 amide bonds. The van der Waals surface area contributed by atoms with E-state index in [9.17, 15) is 0 Å². The molecule has 4 heteroatoms. The third-order valence-corrected chi connectivity index (χ3v) is 2.72. The summed E-state index contributed by atoms with van der Waals surface area (Å²) in [5, 5.41) is 0. The van der Waals surface area contributed by atoms with Crippen molar-refractivity contribution in [1.82, 2.24) is 9.97 Å². The van der Waals surface area contributed by atoms with E-state index >= 15 is 0 Å². The van der Waals surface area contributed by atoms with Crippen molar-refractivity contribution in [2.75, 3.05) is 6.61 Å². The summed E-state index contributed by atoms with van der Waals surface area (Å²) in [4.78, 5) is 7.76. The topological polar surface area (TPSA) is 47.1 Å². The molecule has 1 aliphatic rings. The van der Waals surface area contributed by atoms with Crippen LogP contribution in [0.3, 0.4) is 0 Å². The number of hydrogen-bond donors (Lipinski definition) is 1. The molecule has 3 rings (SSSR count). The van der Waals surface area contributed by atoms with Crippen LogP contribution in [-0.4, -0.2) is 22.4 Å². The Kier molecular flexibility index (Phi) is 2.02. The van der Waals surface area contributed by atoms with Gasteiger partial charge in [-0.25, -0.2) is 4.98 Å². The average Bonchev–Trinajstić information content (AvgIpc) is 2.80. The molecule has 0 saturated carbocycles. The number of benzene rings is 1. The molecule has 1 fully saturated rings. The molecule has 4 nitrogen and oxygen atoms in total. The van der Waals surface area contributed by atoms with E-state index in [1.54, 1.807) is 0 Å². The number of nitrogens with one attached hydrogen (secondary N) is 1. The molecule has 84 valence electrons. The van der Waals surface area contributed by atoms with Gasteiger partial charge in [0, 0.05) is 0 Å². The number of rotatable bonds is 1. The molecule has 0 spiro atoms. The predicted molar refractivity (Wildman–Crippen MR) is 60.0 cm³/mol. The second-order valence-corrected chi connectivity index (χ2v) is 4.46. The van der Waals surface area contributed by atoms with Gasteiger partial charge in [-0.05, 0) is 26.0 Å². The lowest BCUT2D eigenvalue weighted by Crippen LogP contribution is -2.19. The number of aromatic nitrogens is 2. The molecule has 0 radical (unpaired) electrons. The molecule has 0 aliphatic carbocycles. The van der Waals surface area contributed by atoms with Gasteiger partial charge in [-0.15, -0.1) is 0 Å². The van der Waals surface area contributed by atoms with E-state index in [2.05, 4.69) is 9.97 Å². The summed E-state index contributed by atoms with van der Waals surface area (Å²) in [5.74, 6) is 0.329. The van der Waals surface area contributed by atoms with Gasteiger partial charge in [-0.3, -0.25) is 0 Å². The van der Waals surface area contributed by atoms with Gasteiger partial charge in [0.05, 0.1) is 17.6 Å². The highest BCUT2D eigenvalue weighted by molar-refractivity contribution is 5.74. The summed E-state index contributed by atoms with van der Waals surface area (Å²) in [6.45, 7) is 4.37. The Morgan fingerprint density at radius 1 is 1.38 bits per heavy atom. The van der Waals surface area contributed by atoms with Gasteiger partial charge in [0.1, 0.15) is 11.9 Å². The zero-order valence-electron chi connectivity index (χ0n) is 9.36. The number of hydrogen-bond acceptors (Lipinski definition) is 3. The molecular weight excluding hydrogens is 204 g/mol. The van der Waals surface area contributed by atoms with E-state index in [-0.39, 0.29) is 6.10 Å². The molecule has 1 aromatic carbocycles. The van der Waals surface area contributed by atoms with E-state index in [1.165, 1.54) is 0 Å². The highest BCUT2D eigenvalue weighted by Gasteiger charge is 2.35. The van der Waals surface area contributed by atoms with E-state index in [0.717, 1.165) is 16.9 Å². The maximum Gasteiger partial charge on any atom is 0.164 e. The second kappa shape index (κ2) is 3.30. The maximum absolute atomic E-state index is 5.75. The van der Waals surface area contributed by atoms with Crippen molar-refractivity contribution in [2.24, 2.45) is 0 Å². The van der Waals surface area contributed by atoms with Crippen molar-refractivity contribution in [3.63, 3.8) is 0 Å². The minimum absolute atomic E-state index is 0.0950. The monoisotopic (exact) mass is 218 g/mol. The number of para-hydroxylation sites is 2. The van der Waals surface area contributed by atoms with Gasteiger partial charge in [0.15, 0.2) is 5.79 Å². The van der Waals surface area contributed by atoms with Crippen LogP contribution in [0.25, 0.3) is 11.0 Å². The summed E-state index contributed by atoms with van der Waals surface area (Å²) >= 11 is 0. The van der Waals surface area contributed by atoms with E-state index in [1.807, 2.05) is 38.1 Å². The lowest BCUT2D eigenvalue weighted by atomic mass is 10.3. The molecule has 16 heavy (non-hydrogen) atoms. The Morgan fingerprint density at radius 3 is 2.88 bits per heavy atom. The van der Waals surface area contributed by atoms with Gasteiger partial charge in [0.2, 0.25) is 0 Å². The molecule has 1 aliphatic heterocycles. The summed E-state index contributed by atoms with van der Waals surface area (Å²) in [5.41, 5.74) is 2.00. The Balaban J connectivity index is 1.95. The summed E-state index contributed by atoms with van der Waals surface area (Å²) in [7, 11) is 0. The number of aromatic amines is 1. The SMILES string of the molecule is CC1(C)OC[C@H](c2nc3ccccc3[nH]2)O1. The van der Waals surface area contributed by atoms with Gasteiger partial charge < -0.3 is 14.5 Å². The van der Waals surface area contributed by atoms with Crippen LogP contribution in [0.1, 0.15) is 25.8 Å². The first-order valence-electron chi connectivity index (χ1n) is 5.40. The van der Waals surface area contributed by atoms with E-state index in [0.29, 0.717) is 6.61 Å². The number of fused-ring (bicyclic) bond motifs is 1. The number of ether oxygens (including phenoxy) is 2. The van der Waals surface area contributed by atoms with Crippen LogP contribution in [0.5, 0.6) is 0 Å². The van der Waals surface area contributed by atoms with Crippen molar-refractivity contribution in [3.8, 4) is 0 Å². The Labute approximate surface area is 93.6 Å². The van der Waals surface area contributed by atoms with Crippen molar-refractivity contribution in [2.45, 2.75) is 25.7 Å². The Bertz CT molecular complexity index is 485. The highest BCUT2D eigenvalue weighted by Crippen LogP contribution is 2.32. The maximum atomic E-state index is 5.75. The predicted octanol–water partition coefficient (Wildman–Crippen LogP) is 2.39. The molecule has 2 aromatic rings. The quantitative estimate of drug-likeness (QED) is 0.799. The fourth-order valence-corrected chi connectivity index (χ4v) is 1.95. The molecule has 0 unspecified atom stereocenters. The van der Waals surface area contributed by atoms with Gasteiger partial charge in [-0.2, -0.15) is 0 Å². The van der Waals surface area contributed by atoms with Gasteiger partial charge >= 0.3 is 0 Å². The molecule has 1 aromatic heterocycles. The Hall–Kier alpha value is -1.39. The van der Waals surface area contributed by atoms with Gasteiger partial charge in [0.25, 0.3) is 0 Å². The largest absolute Gasteiger partial charge is 0.347 e. The summed E-state index contributed by atoms with van der Waals surface area (Å²) in [6, 6.07) is 7.95. The van der Waals surface area contributed by atoms with Gasteiger partial charge in [-0.1, -0.05) is 12.1 Å². The standard InChI is InChI=1S/C12H14N2O2/c1-12(2)15-7-10(16-12)11-13-8-5-3-4-6-9(8)14-11/h3-6,10H,7H2,1-2H3,(H,13,14)/t10-/m1/s1. The molecule has 1 atom stereocenters. The molecule has 0 bridgehead atoms. The lowest BCUT2D eigenvalue weighted by molar-refractivity contribution is -0.139. The zero-order valence-corrected chi connectivity index (χ0v) is 9.36. The van der Waals surface area contributed by atoms with Crippen LogP contribution in [0.2, 0.25) is 0 Å². The van der Waals surface area contributed by atoms with Crippen molar-refractivity contribution in [1.29, 1.82) is 0 Å². The second-order valence-electron chi connectivity index (χ2n) is 4.46. The van der Waals surface area contributed by atoms with Crippen LogP contribution >= 0.6 is 0 Å². The first-order valence-corrected chi connectivity index (χ1v) is 5.40. The molecule has 2 heterocycles. The van der Waals surface area contributed by atoms with Crippen LogP contribution < -0.4 is 0 Å². The van der Waals surface area contributed by atoms with E-state index < -0.39 is 5.79 Å². The third kappa shape index (κ3) is 1.60. The summed E-state index contributed by atoms with van der Waals surface area (Å²) < 4.78 is 11.3. The number of H-pyrrole nitrogens is 1. The first kappa shape index (κ1) is 9.81. The fraction of sp³-hybridized carbons (Fsp3) is 0.417. The van der Waals surface area contributed by atoms with Crippen LogP contribution in [0.15, 0.2) is 24.3 Å². The normalized spacial score (nSPS) is 24.0. The smallest absolute Gasteiger partial charge is 0.164 e. The van der Waals surface area contributed by atoms with Crippen molar-refractivity contribution >= 4 is 11.0 Å². The minimum atomic E-state index is -0.510. The van der Waals surface area contributed by atoms with Crippen LogP contribution in [0, 0.1) is 0 Å². The molecule has 1 saturated heterocycles. The zero-order chi connectivity index (χ0) is 11.2. The highest BCUT2D eigenvalue weighted by atomic mass is 16.7. The van der Waals surface area contributed by atoms with Crippen molar-refractivity contribution < 1.29 is 9.47 Å². The average molecular weight is 218 g/mol. The summed E-state index contributed by atoms with van der Waals surface area (Å²) in [6.07, 6.45) is -0.0950. The van der Waals surface area contributed by atoms with Crippen LogP contribution in [-0.2, 0) is 9.47 Å². The first-order chi connectivity index (χ1) is 7.64. The lowest BCUT2D eigenvalue weighted by Gasteiger charge is -2.15. The fourth-order valence-electron chi connectivity index (χ4n) is 1.95. The van der Waals surface area contributed by atoms with Crippen molar-refractivity contribution in [3.05, 3.63) is 30.1 Å². The molecular formula is C12H14N2O2. The minimum Gasteiger partial charge on any atom is -0.347 e. The van der Waals surface area contributed by atoms with E-state index in [4.69, 9.17) is 9.47 Å². The number of nitrogens with zero attached hydrogens (tertiary/aromatic N) is 1. The third-order valence-electron chi connectivity index (χ3n) is 2.72. The Morgan fingerprint density at radius 2 is 2.19 bits per heavy atom. The molecule has 1 N–H and O–H groups in total. The number of imidazole rings is 1.